The molecule has 6 heteroatoms. The van der Waals surface area contributed by atoms with Gasteiger partial charge in [0.1, 0.15) is 13.2 Å². The number of nitrogens with zero attached hydrogens (tertiary/aromatic N) is 1. The van der Waals surface area contributed by atoms with Crippen LogP contribution in [0.25, 0.3) is 0 Å². The Morgan fingerprint density at radius 1 is 1.25 bits per heavy atom. The molecule has 0 spiro atoms. The van der Waals surface area contributed by atoms with Gasteiger partial charge in [-0.15, -0.1) is 12.4 Å². The van der Waals surface area contributed by atoms with Crippen LogP contribution in [0.3, 0.4) is 0 Å². The zero-order chi connectivity index (χ0) is 13.2. The number of fused-ring (bicyclic) bond motifs is 1. The number of ether oxygens (including phenoxy) is 2. The summed E-state index contributed by atoms with van der Waals surface area (Å²) in [5.74, 6) is 2.35. The molecule has 0 bridgehead atoms. The fourth-order valence-electron chi connectivity index (χ4n) is 2.72. The van der Waals surface area contributed by atoms with E-state index in [-0.39, 0.29) is 12.4 Å². The molecule has 20 heavy (non-hydrogen) atoms. The standard InChI is InChI=1S/C14H19BrN2O2.ClH/c15-12-6-14-13(18-3-4-19-14)5-11(12)9-17-2-1-10(7-16)8-17;/h5-6,10H,1-4,7-9,16H2;1H. The second kappa shape index (κ2) is 6.98. The second-order valence-electron chi connectivity index (χ2n) is 5.21. The first kappa shape index (κ1) is 15.9. The number of hydrogen-bond acceptors (Lipinski definition) is 4. The van der Waals surface area contributed by atoms with Gasteiger partial charge in [-0.3, -0.25) is 4.90 Å². The number of halogens is 2. The summed E-state index contributed by atoms with van der Waals surface area (Å²) in [6, 6.07) is 4.11. The lowest BCUT2D eigenvalue weighted by Gasteiger charge is -2.22. The monoisotopic (exact) mass is 362 g/mol. The molecular formula is C14H20BrClN2O2. The Morgan fingerprint density at radius 2 is 1.95 bits per heavy atom. The van der Waals surface area contributed by atoms with Crippen LogP contribution in [0, 0.1) is 5.92 Å². The molecule has 1 saturated heterocycles. The molecule has 112 valence electrons. The molecule has 2 heterocycles. The van der Waals surface area contributed by atoms with Gasteiger partial charge in [-0.05, 0) is 43.1 Å². The largest absolute Gasteiger partial charge is 0.486 e. The minimum Gasteiger partial charge on any atom is -0.486 e. The van der Waals surface area contributed by atoms with Crippen LogP contribution in [-0.2, 0) is 6.54 Å². The molecule has 1 aromatic rings. The highest BCUT2D eigenvalue weighted by Gasteiger charge is 2.23. The Balaban J connectivity index is 0.00000147. The van der Waals surface area contributed by atoms with E-state index in [4.69, 9.17) is 15.2 Å². The van der Waals surface area contributed by atoms with Crippen molar-refractivity contribution < 1.29 is 9.47 Å². The van der Waals surface area contributed by atoms with Gasteiger partial charge in [0.2, 0.25) is 0 Å². The van der Waals surface area contributed by atoms with Crippen molar-refractivity contribution in [3.05, 3.63) is 22.2 Å². The summed E-state index contributed by atoms with van der Waals surface area (Å²) in [5.41, 5.74) is 6.99. The van der Waals surface area contributed by atoms with Crippen molar-refractivity contribution in [3.63, 3.8) is 0 Å². The molecule has 3 rings (SSSR count). The van der Waals surface area contributed by atoms with E-state index in [1.807, 2.05) is 6.07 Å². The molecule has 0 amide bonds. The molecular weight excluding hydrogens is 344 g/mol. The number of rotatable bonds is 3. The van der Waals surface area contributed by atoms with Gasteiger partial charge in [0, 0.05) is 17.6 Å². The zero-order valence-corrected chi connectivity index (χ0v) is 13.7. The van der Waals surface area contributed by atoms with Gasteiger partial charge in [-0.25, -0.2) is 0 Å². The molecule has 2 aliphatic heterocycles. The van der Waals surface area contributed by atoms with Crippen LogP contribution in [-0.4, -0.2) is 37.7 Å². The number of hydrogen-bond donors (Lipinski definition) is 1. The van der Waals surface area contributed by atoms with E-state index in [1.165, 1.54) is 12.0 Å². The topological polar surface area (TPSA) is 47.7 Å². The summed E-state index contributed by atoms with van der Waals surface area (Å²) >= 11 is 3.63. The number of nitrogens with two attached hydrogens (primary N) is 1. The summed E-state index contributed by atoms with van der Waals surface area (Å²) in [5, 5.41) is 0. The summed E-state index contributed by atoms with van der Waals surface area (Å²) < 4.78 is 12.3. The van der Waals surface area contributed by atoms with E-state index in [0.717, 1.165) is 42.2 Å². The van der Waals surface area contributed by atoms with E-state index in [2.05, 4.69) is 26.9 Å². The third kappa shape index (κ3) is 3.39. The Labute approximate surface area is 134 Å². The predicted molar refractivity (Wildman–Crippen MR) is 84.8 cm³/mol. The van der Waals surface area contributed by atoms with Gasteiger partial charge < -0.3 is 15.2 Å². The van der Waals surface area contributed by atoms with Crippen LogP contribution >= 0.6 is 28.3 Å². The molecule has 4 nitrogen and oxygen atoms in total. The average Bonchev–Trinajstić information content (AvgIpc) is 2.87. The van der Waals surface area contributed by atoms with Crippen molar-refractivity contribution in [3.8, 4) is 11.5 Å². The predicted octanol–water partition coefficient (Wildman–Crippen LogP) is 2.42. The number of benzene rings is 1. The van der Waals surface area contributed by atoms with Crippen LogP contribution in [0.2, 0.25) is 0 Å². The summed E-state index contributed by atoms with van der Waals surface area (Å²) in [6.45, 7) is 5.21. The second-order valence-corrected chi connectivity index (χ2v) is 6.07. The Morgan fingerprint density at radius 3 is 2.60 bits per heavy atom. The molecule has 1 aromatic carbocycles. The third-order valence-electron chi connectivity index (χ3n) is 3.81. The van der Waals surface area contributed by atoms with Crippen LogP contribution < -0.4 is 15.2 Å². The van der Waals surface area contributed by atoms with Crippen molar-refractivity contribution in [1.82, 2.24) is 4.90 Å². The maximum Gasteiger partial charge on any atom is 0.162 e. The lowest BCUT2D eigenvalue weighted by Crippen LogP contribution is -2.23. The molecule has 2 aliphatic rings. The van der Waals surface area contributed by atoms with E-state index >= 15 is 0 Å². The Hall–Kier alpha value is -0.490. The minimum atomic E-state index is 0. The molecule has 0 saturated carbocycles. The first-order chi connectivity index (χ1) is 9.26. The van der Waals surface area contributed by atoms with Crippen molar-refractivity contribution in [2.75, 3.05) is 32.8 Å². The lowest BCUT2D eigenvalue weighted by atomic mass is 10.1. The zero-order valence-electron chi connectivity index (χ0n) is 11.3. The normalized spacial score (nSPS) is 21.6. The van der Waals surface area contributed by atoms with Crippen molar-refractivity contribution in [1.29, 1.82) is 0 Å². The van der Waals surface area contributed by atoms with E-state index < -0.39 is 0 Å². The summed E-state index contributed by atoms with van der Waals surface area (Å²) in [6.07, 6.45) is 1.21. The van der Waals surface area contributed by atoms with Gasteiger partial charge in [-0.1, -0.05) is 15.9 Å². The lowest BCUT2D eigenvalue weighted by molar-refractivity contribution is 0.171. The van der Waals surface area contributed by atoms with Crippen LogP contribution in [0.4, 0.5) is 0 Å². The van der Waals surface area contributed by atoms with Gasteiger partial charge in [0.25, 0.3) is 0 Å². The smallest absolute Gasteiger partial charge is 0.162 e. The van der Waals surface area contributed by atoms with Gasteiger partial charge in [0.15, 0.2) is 11.5 Å². The van der Waals surface area contributed by atoms with Crippen LogP contribution in [0.5, 0.6) is 11.5 Å². The Bertz CT molecular complexity index is 473. The molecule has 1 fully saturated rings. The van der Waals surface area contributed by atoms with E-state index in [0.29, 0.717) is 19.1 Å². The fraction of sp³-hybridized carbons (Fsp3) is 0.571. The third-order valence-corrected chi connectivity index (χ3v) is 4.55. The van der Waals surface area contributed by atoms with E-state index in [9.17, 15) is 0 Å². The van der Waals surface area contributed by atoms with Gasteiger partial charge in [0.05, 0.1) is 0 Å². The Kier molecular flexibility index (Phi) is 5.55. The molecule has 2 N–H and O–H groups in total. The summed E-state index contributed by atoms with van der Waals surface area (Å²) in [4.78, 5) is 2.45. The minimum absolute atomic E-state index is 0. The summed E-state index contributed by atoms with van der Waals surface area (Å²) in [7, 11) is 0. The van der Waals surface area contributed by atoms with Crippen LogP contribution in [0.15, 0.2) is 16.6 Å². The van der Waals surface area contributed by atoms with E-state index in [1.54, 1.807) is 0 Å². The molecule has 0 radical (unpaired) electrons. The highest BCUT2D eigenvalue weighted by Crippen LogP contribution is 2.36. The quantitative estimate of drug-likeness (QED) is 0.896. The molecule has 1 unspecified atom stereocenters. The highest BCUT2D eigenvalue weighted by atomic mass is 79.9. The maximum absolute atomic E-state index is 5.74. The average molecular weight is 364 g/mol. The van der Waals surface area contributed by atoms with Crippen molar-refractivity contribution in [2.24, 2.45) is 11.7 Å². The fourth-order valence-corrected chi connectivity index (χ4v) is 3.16. The molecule has 1 atom stereocenters. The van der Waals surface area contributed by atoms with Gasteiger partial charge in [-0.2, -0.15) is 0 Å². The molecule has 0 aliphatic carbocycles. The molecule has 0 aromatic heterocycles. The van der Waals surface area contributed by atoms with Crippen LogP contribution in [0.1, 0.15) is 12.0 Å². The SMILES string of the molecule is Cl.NCC1CCN(Cc2cc3c(cc2Br)OCCO3)C1. The van der Waals surface area contributed by atoms with Gasteiger partial charge >= 0.3 is 0 Å². The number of likely N-dealkylation sites (tertiary alicyclic amines) is 1. The first-order valence-electron chi connectivity index (χ1n) is 6.76. The maximum atomic E-state index is 5.74. The first-order valence-corrected chi connectivity index (χ1v) is 7.56. The van der Waals surface area contributed by atoms with Crippen molar-refractivity contribution >= 4 is 28.3 Å². The highest BCUT2D eigenvalue weighted by molar-refractivity contribution is 9.10. The van der Waals surface area contributed by atoms with Crippen molar-refractivity contribution in [2.45, 2.75) is 13.0 Å².